The number of carbonyl (C=O) groups is 2. The van der Waals surface area contributed by atoms with E-state index in [-0.39, 0.29) is 22.4 Å². The normalized spacial score (nSPS) is 12.3. The van der Waals surface area contributed by atoms with Crippen molar-refractivity contribution in [3.8, 4) is 22.8 Å². The molecule has 0 fully saturated rings. The maximum atomic E-state index is 14.2. The number of carboxylic acid groups (broad SMARTS) is 1. The Hall–Kier alpha value is -4.88. The van der Waals surface area contributed by atoms with Crippen LogP contribution in [0.3, 0.4) is 0 Å². The minimum Gasteiger partial charge on any atom is -0.477 e. The molecule has 1 aromatic heterocycles. The molecule has 7 nitrogen and oxygen atoms in total. The molecule has 0 aliphatic rings. The Kier molecular flexibility index (Phi) is 8.27. The minimum absolute atomic E-state index is 0.0881. The number of halogens is 7. The van der Waals surface area contributed by atoms with Crippen molar-refractivity contribution in [3.63, 3.8) is 0 Å². The molecule has 0 spiro atoms. The summed E-state index contributed by atoms with van der Waals surface area (Å²) < 4.78 is 103. The second-order valence-corrected chi connectivity index (χ2v) is 9.02. The molecule has 1 unspecified atom stereocenters. The molecular weight excluding hydrogens is 575 g/mol. The second-order valence-electron chi connectivity index (χ2n) is 9.02. The van der Waals surface area contributed by atoms with E-state index in [0.717, 1.165) is 10.7 Å². The van der Waals surface area contributed by atoms with Crippen molar-refractivity contribution in [1.29, 1.82) is 0 Å². The van der Waals surface area contributed by atoms with Crippen LogP contribution in [0.2, 0.25) is 0 Å². The topological polar surface area (TPSA) is 93.5 Å². The van der Waals surface area contributed by atoms with Gasteiger partial charge in [0.25, 0.3) is 12.3 Å². The number of benzene rings is 3. The summed E-state index contributed by atoms with van der Waals surface area (Å²) in [6, 6.07) is 10.2. The molecule has 0 saturated heterocycles. The zero-order valence-corrected chi connectivity index (χ0v) is 21.6. The highest BCUT2D eigenvalue weighted by atomic mass is 19.4. The first-order valence-electron chi connectivity index (χ1n) is 12.0. The van der Waals surface area contributed by atoms with Gasteiger partial charge in [0.2, 0.25) is 5.88 Å². The number of ether oxygens (including phenoxy) is 1. The molecule has 14 heteroatoms. The Labute approximate surface area is 233 Å². The van der Waals surface area contributed by atoms with E-state index in [1.54, 1.807) is 0 Å². The fourth-order valence-electron chi connectivity index (χ4n) is 4.23. The summed E-state index contributed by atoms with van der Waals surface area (Å²) in [6.45, 7) is 1.27. The zero-order valence-electron chi connectivity index (χ0n) is 21.6. The van der Waals surface area contributed by atoms with Crippen LogP contribution in [0.5, 0.6) is 11.6 Å². The van der Waals surface area contributed by atoms with Gasteiger partial charge in [-0.1, -0.05) is 30.3 Å². The zero-order chi connectivity index (χ0) is 30.9. The summed E-state index contributed by atoms with van der Waals surface area (Å²) in [5, 5.41) is 14.9. The number of nitrogens with zero attached hydrogens (tertiary/aromatic N) is 2. The van der Waals surface area contributed by atoms with Gasteiger partial charge < -0.3 is 15.2 Å². The number of hydrogen-bond donors (Lipinski definition) is 2. The number of rotatable bonds is 8. The van der Waals surface area contributed by atoms with Gasteiger partial charge in [-0.25, -0.2) is 27.0 Å². The number of hydrogen-bond acceptors (Lipinski definition) is 4. The third-order valence-electron chi connectivity index (χ3n) is 6.17. The molecule has 4 aromatic rings. The average Bonchev–Trinajstić information content (AvgIpc) is 3.23. The van der Waals surface area contributed by atoms with Gasteiger partial charge in [0.15, 0.2) is 0 Å². The number of amides is 1. The Bertz CT molecular complexity index is 1640. The van der Waals surface area contributed by atoms with Crippen LogP contribution in [-0.4, -0.2) is 26.8 Å². The van der Waals surface area contributed by atoms with Crippen molar-refractivity contribution in [2.75, 3.05) is 0 Å². The molecule has 1 atom stereocenters. The van der Waals surface area contributed by atoms with Crippen molar-refractivity contribution >= 4 is 11.9 Å². The fourth-order valence-corrected chi connectivity index (χ4v) is 4.23. The lowest BCUT2D eigenvalue weighted by molar-refractivity contribution is -0.137. The van der Waals surface area contributed by atoms with E-state index in [9.17, 15) is 40.3 Å². The minimum atomic E-state index is -4.66. The van der Waals surface area contributed by atoms with Crippen molar-refractivity contribution in [2.24, 2.45) is 7.05 Å². The Morgan fingerprint density at radius 1 is 0.976 bits per heavy atom. The summed E-state index contributed by atoms with van der Waals surface area (Å²) in [6.07, 6.45) is -7.93. The molecule has 0 saturated carbocycles. The van der Waals surface area contributed by atoms with E-state index in [0.29, 0.717) is 12.1 Å². The maximum Gasteiger partial charge on any atom is 0.417 e. The lowest BCUT2D eigenvalue weighted by Crippen LogP contribution is -2.28. The van der Waals surface area contributed by atoms with Gasteiger partial charge >= 0.3 is 12.1 Å². The highest BCUT2D eigenvalue weighted by Crippen LogP contribution is 2.39. The van der Waals surface area contributed by atoms with Crippen LogP contribution in [0.25, 0.3) is 11.1 Å². The molecule has 1 heterocycles. The lowest BCUT2D eigenvalue weighted by atomic mass is 9.99. The number of carbonyl (C=O) groups excluding carboxylic acids is 1. The van der Waals surface area contributed by atoms with Gasteiger partial charge in [-0.05, 0) is 53.9 Å². The van der Waals surface area contributed by atoms with Gasteiger partial charge in [-0.15, -0.1) is 0 Å². The summed E-state index contributed by atoms with van der Waals surface area (Å²) >= 11 is 0. The van der Waals surface area contributed by atoms with Crippen LogP contribution in [0, 0.1) is 11.6 Å². The molecule has 4 rings (SSSR count). The molecule has 0 bridgehead atoms. The summed E-state index contributed by atoms with van der Waals surface area (Å²) in [5.74, 6) is -6.45. The number of alkyl halides is 5. The van der Waals surface area contributed by atoms with E-state index in [2.05, 4.69) is 10.4 Å². The van der Waals surface area contributed by atoms with E-state index in [1.165, 1.54) is 56.4 Å². The standard InChI is InChI=1S/C28H20F7N3O4/c1-13(15-11-19(29)21(27(40)41)20(30)12-15)36-25(39)22-23(24(31)32)37-38(2)26(22)42-16-7-5-6-14(10-16)17-8-3-4-9-18(17)28(33,34)35/h3-13,24H,1-2H3,(H,36,39)(H,40,41). The van der Waals surface area contributed by atoms with E-state index < -0.39 is 70.4 Å². The molecule has 220 valence electrons. The van der Waals surface area contributed by atoms with Crippen LogP contribution in [-0.2, 0) is 13.2 Å². The maximum absolute atomic E-state index is 14.2. The highest BCUT2D eigenvalue weighted by molar-refractivity contribution is 5.98. The Balaban J connectivity index is 1.69. The molecule has 0 radical (unpaired) electrons. The highest BCUT2D eigenvalue weighted by Gasteiger charge is 2.34. The first-order valence-corrected chi connectivity index (χ1v) is 12.0. The molecule has 0 aliphatic carbocycles. The molecule has 42 heavy (non-hydrogen) atoms. The number of aromatic nitrogens is 2. The smallest absolute Gasteiger partial charge is 0.417 e. The number of aryl methyl sites for hydroxylation is 1. The molecule has 3 aromatic carbocycles. The largest absolute Gasteiger partial charge is 0.477 e. The molecular formula is C28H20F7N3O4. The summed E-state index contributed by atoms with van der Waals surface area (Å²) in [4.78, 5) is 24.2. The van der Waals surface area contributed by atoms with Gasteiger partial charge in [-0.2, -0.15) is 18.3 Å². The van der Waals surface area contributed by atoms with E-state index >= 15 is 0 Å². The van der Waals surface area contributed by atoms with Crippen LogP contribution in [0.15, 0.2) is 60.7 Å². The van der Waals surface area contributed by atoms with Gasteiger partial charge in [0.05, 0.1) is 11.6 Å². The third kappa shape index (κ3) is 6.06. The van der Waals surface area contributed by atoms with Gasteiger partial charge in [-0.3, -0.25) is 4.79 Å². The van der Waals surface area contributed by atoms with Crippen LogP contribution >= 0.6 is 0 Å². The lowest BCUT2D eigenvalue weighted by Gasteiger charge is -2.17. The first kappa shape index (κ1) is 30.1. The average molecular weight is 595 g/mol. The third-order valence-corrected chi connectivity index (χ3v) is 6.17. The Morgan fingerprint density at radius 2 is 1.62 bits per heavy atom. The predicted octanol–water partition coefficient (Wildman–Crippen LogP) is 7.30. The Morgan fingerprint density at radius 3 is 2.21 bits per heavy atom. The molecule has 1 amide bonds. The van der Waals surface area contributed by atoms with E-state index in [4.69, 9.17) is 9.84 Å². The number of aromatic carboxylic acids is 1. The fraction of sp³-hybridized carbons (Fsp3) is 0.179. The molecule has 0 aliphatic heterocycles. The van der Waals surface area contributed by atoms with Gasteiger partial charge in [0, 0.05) is 7.05 Å². The van der Waals surface area contributed by atoms with Crippen molar-refractivity contribution in [1.82, 2.24) is 15.1 Å². The quantitative estimate of drug-likeness (QED) is 0.209. The van der Waals surface area contributed by atoms with Crippen molar-refractivity contribution in [2.45, 2.75) is 25.6 Å². The SMILES string of the molecule is CC(NC(=O)c1c(C(F)F)nn(C)c1Oc1cccc(-c2ccccc2C(F)(F)F)c1)c1cc(F)c(C(=O)O)c(F)c1. The first-order chi connectivity index (χ1) is 19.7. The van der Waals surface area contributed by atoms with Crippen LogP contribution in [0.4, 0.5) is 30.7 Å². The number of carboxylic acids is 1. The number of nitrogens with one attached hydrogen (secondary N) is 1. The van der Waals surface area contributed by atoms with Crippen LogP contribution < -0.4 is 10.1 Å². The van der Waals surface area contributed by atoms with Gasteiger partial charge in [0.1, 0.15) is 34.2 Å². The molecule has 2 N–H and O–H groups in total. The van der Waals surface area contributed by atoms with Crippen molar-refractivity contribution in [3.05, 3.63) is 100 Å². The summed E-state index contributed by atoms with van der Waals surface area (Å²) in [5.41, 5.74) is -4.14. The predicted molar refractivity (Wildman–Crippen MR) is 134 cm³/mol. The van der Waals surface area contributed by atoms with Crippen molar-refractivity contribution < 1.29 is 50.2 Å². The van der Waals surface area contributed by atoms with E-state index in [1.807, 2.05) is 0 Å². The monoisotopic (exact) mass is 595 g/mol. The summed E-state index contributed by atoms with van der Waals surface area (Å²) in [7, 11) is 1.19. The van der Waals surface area contributed by atoms with Crippen LogP contribution in [0.1, 0.15) is 56.9 Å². The second kappa shape index (κ2) is 11.5.